The van der Waals surface area contributed by atoms with Gasteiger partial charge in [0.25, 0.3) is 0 Å². The monoisotopic (exact) mass is 262 g/mol. The van der Waals surface area contributed by atoms with Gasteiger partial charge in [0.15, 0.2) is 0 Å². The predicted molar refractivity (Wildman–Crippen MR) is 59.9 cm³/mol. The van der Waals surface area contributed by atoms with Crippen molar-refractivity contribution in [1.29, 1.82) is 0 Å². The van der Waals surface area contributed by atoms with Crippen LogP contribution in [0.25, 0.3) is 0 Å². The van der Waals surface area contributed by atoms with Crippen LogP contribution >= 0.6 is 15.9 Å². The van der Waals surface area contributed by atoms with Gasteiger partial charge in [-0.3, -0.25) is 0 Å². The molecule has 2 fully saturated rings. The Balaban J connectivity index is 1.89. The van der Waals surface area contributed by atoms with Crippen LogP contribution < -0.4 is 0 Å². The SMILES string of the molecule is BrCC1(CC2CCOC2)CCCCO1. The summed E-state index contributed by atoms with van der Waals surface area (Å²) in [5.41, 5.74) is 0.122. The summed E-state index contributed by atoms with van der Waals surface area (Å²) in [6.45, 7) is 2.83. The first-order chi connectivity index (χ1) is 6.85. The van der Waals surface area contributed by atoms with Gasteiger partial charge in [-0.1, -0.05) is 15.9 Å². The molecule has 0 N–H and O–H groups in total. The third-order valence-corrected chi connectivity index (χ3v) is 4.39. The van der Waals surface area contributed by atoms with Gasteiger partial charge in [0.05, 0.1) is 5.60 Å². The fourth-order valence-electron chi connectivity index (χ4n) is 2.50. The molecule has 0 bridgehead atoms. The van der Waals surface area contributed by atoms with E-state index in [4.69, 9.17) is 9.47 Å². The molecule has 2 rings (SSSR count). The van der Waals surface area contributed by atoms with Crippen molar-refractivity contribution in [3.8, 4) is 0 Å². The summed E-state index contributed by atoms with van der Waals surface area (Å²) >= 11 is 3.61. The van der Waals surface area contributed by atoms with E-state index in [0.29, 0.717) is 0 Å². The molecular weight excluding hydrogens is 244 g/mol. The minimum Gasteiger partial charge on any atom is -0.381 e. The van der Waals surface area contributed by atoms with Gasteiger partial charge in [-0.05, 0) is 38.0 Å². The van der Waals surface area contributed by atoms with E-state index in [9.17, 15) is 0 Å². The molecule has 0 saturated carbocycles. The minimum absolute atomic E-state index is 0.122. The van der Waals surface area contributed by atoms with Crippen molar-refractivity contribution in [1.82, 2.24) is 0 Å². The number of hydrogen-bond acceptors (Lipinski definition) is 2. The van der Waals surface area contributed by atoms with Crippen molar-refractivity contribution < 1.29 is 9.47 Å². The van der Waals surface area contributed by atoms with E-state index in [1.54, 1.807) is 0 Å². The van der Waals surface area contributed by atoms with E-state index < -0.39 is 0 Å². The zero-order valence-corrected chi connectivity index (χ0v) is 10.2. The highest BCUT2D eigenvalue weighted by atomic mass is 79.9. The lowest BCUT2D eigenvalue weighted by Crippen LogP contribution is -2.40. The first-order valence-corrected chi connectivity index (χ1v) is 6.74. The maximum absolute atomic E-state index is 5.97. The Hall–Kier alpha value is 0.400. The average molecular weight is 263 g/mol. The maximum atomic E-state index is 5.97. The Labute approximate surface area is 94.5 Å². The smallest absolute Gasteiger partial charge is 0.0782 e. The van der Waals surface area contributed by atoms with E-state index in [2.05, 4.69) is 15.9 Å². The van der Waals surface area contributed by atoms with E-state index >= 15 is 0 Å². The van der Waals surface area contributed by atoms with Crippen molar-refractivity contribution >= 4 is 15.9 Å². The largest absolute Gasteiger partial charge is 0.381 e. The lowest BCUT2D eigenvalue weighted by atomic mass is 9.86. The van der Waals surface area contributed by atoms with Gasteiger partial charge < -0.3 is 9.47 Å². The summed E-state index contributed by atoms with van der Waals surface area (Å²) in [6.07, 6.45) is 6.17. The Morgan fingerprint density at radius 1 is 1.29 bits per heavy atom. The topological polar surface area (TPSA) is 18.5 Å². The highest BCUT2D eigenvalue weighted by Gasteiger charge is 2.35. The maximum Gasteiger partial charge on any atom is 0.0782 e. The lowest BCUT2D eigenvalue weighted by molar-refractivity contribution is -0.0748. The third kappa shape index (κ3) is 2.50. The van der Waals surface area contributed by atoms with E-state index in [1.165, 1.54) is 32.1 Å². The molecule has 2 saturated heterocycles. The van der Waals surface area contributed by atoms with Crippen LogP contribution in [0.4, 0.5) is 0 Å². The van der Waals surface area contributed by atoms with E-state index in [0.717, 1.165) is 31.1 Å². The number of halogens is 1. The number of ether oxygens (including phenoxy) is 2. The van der Waals surface area contributed by atoms with Crippen LogP contribution in [0.3, 0.4) is 0 Å². The van der Waals surface area contributed by atoms with Gasteiger partial charge in [-0.25, -0.2) is 0 Å². The molecule has 14 heavy (non-hydrogen) atoms. The van der Waals surface area contributed by atoms with Crippen LogP contribution in [0.5, 0.6) is 0 Å². The van der Waals surface area contributed by atoms with Crippen molar-refractivity contribution in [2.24, 2.45) is 5.92 Å². The third-order valence-electron chi connectivity index (χ3n) is 3.36. The molecule has 0 aromatic heterocycles. The molecule has 2 unspecified atom stereocenters. The zero-order valence-electron chi connectivity index (χ0n) is 8.64. The molecule has 82 valence electrons. The van der Waals surface area contributed by atoms with Gasteiger partial charge in [0.2, 0.25) is 0 Å². The lowest BCUT2D eigenvalue weighted by Gasteiger charge is -2.37. The molecule has 0 aliphatic carbocycles. The molecule has 0 radical (unpaired) electrons. The molecule has 0 aromatic carbocycles. The van der Waals surface area contributed by atoms with Gasteiger partial charge in [-0.15, -0.1) is 0 Å². The first-order valence-electron chi connectivity index (χ1n) is 5.62. The zero-order chi connectivity index (χ0) is 9.86. The molecule has 0 amide bonds. The molecule has 0 spiro atoms. The molecule has 2 nitrogen and oxygen atoms in total. The Morgan fingerprint density at radius 3 is 2.79 bits per heavy atom. The Kier molecular flexibility index (Phi) is 3.86. The molecule has 2 atom stereocenters. The summed E-state index contributed by atoms with van der Waals surface area (Å²) in [5.74, 6) is 0.727. The normalized spacial score (nSPS) is 38.8. The van der Waals surface area contributed by atoms with Crippen molar-refractivity contribution in [3.05, 3.63) is 0 Å². The van der Waals surface area contributed by atoms with Crippen molar-refractivity contribution in [2.45, 2.75) is 37.7 Å². The fraction of sp³-hybridized carbons (Fsp3) is 1.00. The van der Waals surface area contributed by atoms with Crippen molar-refractivity contribution in [2.75, 3.05) is 25.2 Å². The standard InChI is InChI=1S/C11H19BrO2/c12-9-11(4-1-2-5-14-11)7-10-3-6-13-8-10/h10H,1-9H2. The number of rotatable bonds is 3. The van der Waals surface area contributed by atoms with Gasteiger partial charge in [0.1, 0.15) is 0 Å². The summed E-state index contributed by atoms with van der Waals surface area (Å²) in [5, 5.41) is 0.983. The fourth-order valence-corrected chi connectivity index (χ4v) is 3.17. The van der Waals surface area contributed by atoms with Crippen LogP contribution in [0, 0.1) is 5.92 Å². The minimum atomic E-state index is 0.122. The summed E-state index contributed by atoms with van der Waals surface area (Å²) < 4.78 is 11.4. The summed E-state index contributed by atoms with van der Waals surface area (Å²) in [7, 11) is 0. The van der Waals surface area contributed by atoms with Gasteiger partial charge in [-0.2, -0.15) is 0 Å². The number of hydrogen-bond donors (Lipinski definition) is 0. The van der Waals surface area contributed by atoms with E-state index in [1.807, 2.05) is 0 Å². The van der Waals surface area contributed by atoms with Crippen molar-refractivity contribution in [3.63, 3.8) is 0 Å². The summed E-state index contributed by atoms with van der Waals surface area (Å²) in [6, 6.07) is 0. The van der Waals surface area contributed by atoms with Crippen LogP contribution in [0.15, 0.2) is 0 Å². The highest BCUT2D eigenvalue weighted by Crippen LogP contribution is 2.35. The van der Waals surface area contributed by atoms with E-state index in [-0.39, 0.29) is 5.60 Å². The number of alkyl halides is 1. The molecule has 3 heteroatoms. The second-order valence-corrected chi connectivity index (χ2v) is 5.12. The Bertz CT molecular complexity index is 172. The average Bonchev–Trinajstić information content (AvgIpc) is 2.72. The second kappa shape index (κ2) is 4.95. The predicted octanol–water partition coefficient (Wildman–Crippen LogP) is 2.75. The first kappa shape index (κ1) is 10.9. The second-order valence-electron chi connectivity index (χ2n) is 4.56. The quantitative estimate of drug-likeness (QED) is 0.729. The Morgan fingerprint density at radius 2 is 2.21 bits per heavy atom. The van der Waals surface area contributed by atoms with Gasteiger partial charge >= 0.3 is 0 Å². The highest BCUT2D eigenvalue weighted by molar-refractivity contribution is 9.09. The van der Waals surface area contributed by atoms with Crippen LogP contribution in [0.1, 0.15) is 32.1 Å². The van der Waals surface area contributed by atoms with Crippen LogP contribution in [-0.4, -0.2) is 30.8 Å². The van der Waals surface area contributed by atoms with Crippen LogP contribution in [-0.2, 0) is 9.47 Å². The molecule has 2 aliphatic heterocycles. The summed E-state index contributed by atoms with van der Waals surface area (Å²) in [4.78, 5) is 0. The molecule has 2 aliphatic rings. The molecule has 2 heterocycles. The molecule has 0 aromatic rings. The molecular formula is C11H19BrO2. The van der Waals surface area contributed by atoms with Gasteiger partial charge in [0, 0.05) is 25.2 Å². The van der Waals surface area contributed by atoms with Crippen LogP contribution in [0.2, 0.25) is 0 Å².